The molecule has 6 nitrogen and oxygen atoms in total. The summed E-state index contributed by atoms with van der Waals surface area (Å²) in [6.07, 6.45) is 2.32. The third-order valence-electron chi connectivity index (χ3n) is 2.33. The minimum absolute atomic E-state index is 0.0716. The van der Waals surface area contributed by atoms with Crippen LogP contribution in [0.15, 0.2) is 18.2 Å². The highest BCUT2D eigenvalue weighted by atomic mass is 32.2. The average Bonchev–Trinajstić information content (AvgIpc) is 2.33. The van der Waals surface area contributed by atoms with E-state index in [9.17, 15) is 14.3 Å². The van der Waals surface area contributed by atoms with Crippen molar-refractivity contribution in [3.05, 3.63) is 28.3 Å². The molecule has 0 amide bonds. The summed E-state index contributed by atoms with van der Waals surface area (Å²) in [5.74, 6) is 0.800. The van der Waals surface area contributed by atoms with Crippen molar-refractivity contribution in [2.75, 3.05) is 31.0 Å². The van der Waals surface area contributed by atoms with Gasteiger partial charge in [0.25, 0.3) is 0 Å². The first-order chi connectivity index (χ1) is 8.56. The van der Waals surface area contributed by atoms with Crippen molar-refractivity contribution in [1.29, 1.82) is 0 Å². The van der Waals surface area contributed by atoms with E-state index in [4.69, 9.17) is 4.74 Å². The lowest BCUT2D eigenvalue weighted by Crippen LogP contribution is -2.08. The zero-order valence-corrected chi connectivity index (χ0v) is 11.2. The molecule has 0 aliphatic rings. The van der Waals surface area contributed by atoms with E-state index >= 15 is 0 Å². The van der Waals surface area contributed by atoms with Gasteiger partial charge in [0.2, 0.25) is 0 Å². The standard InChI is InChI=1S/C11H16N2O4S/c1-17-10-6-3-5-9(11(10)13(14)15)12-7-4-8-18(2)16/h3,5-6,12H,4,7-8H2,1-2H3. The predicted molar refractivity (Wildman–Crippen MR) is 71.7 cm³/mol. The van der Waals surface area contributed by atoms with Crippen LogP contribution in [0.2, 0.25) is 0 Å². The minimum Gasteiger partial charge on any atom is -0.490 e. The van der Waals surface area contributed by atoms with Gasteiger partial charge in [-0.2, -0.15) is 0 Å². The molecule has 0 fully saturated rings. The molecule has 0 bridgehead atoms. The molecule has 18 heavy (non-hydrogen) atoms. The lowest BCUT2D eigenvalue weighted by atomic mass is 10.2. The third-order valence-corrected chi connectivity index (χ3v) is 3.19. The Morgan fingerprint density at radius 3 is 2.78 bits per heavy atom. The Morgan fingerprint density at radius 2 is 2.22 bits per heavy atom. The predicted octanol–water partition coefficient (Wildman–Crippen LogP) is 1.78. The maximum atomic E-state index is 11.0. The Kier molecular flexibility index (Phi) is 5.57. The molecule has 1 N–H and O–H groups in total. The fourth-order valence-corrected chi connectivity index (χ4v) is 2.07. The molecule has 1 aromatic rings. The molecular formula is C11H16N2O4S. The van der Waals surface area contributed by atoms with Crippen molar-refractivity contribution >= 4 is 22.2 Å². The lowest BCUT2D eigenvalue weighted by molar-refractivity contribution is -0.384. The van der Waals surface area contributed by atoms with Crippen LogP contribution in [0.4, 0.5) is 11.4 Å². The molecule has 100 valence electrons. The number of nitrogens with one attached hydrogen (secondary N) is 1. The Hall–Kier alpha value is -1.63. The van der Waals surface area contributed by atoms with Crippen LogP contribution in [-0.2, 0) is 10.8 Å². The molecule has 0 saturated heterocycles. The zero-order chi connectivity index (χ0) is 13.5. The van der Waals surface area contributed by atoms with Crippen LogP contribution in [0.1, 0.15) is 6.42 Å². The van der Waals surface area contributed by atoms with Crippen LogP contribution < -0.4 is 10.1 Å². The number of hydrogen-bond acceptors (Lipinski definition) is 5. The Morgan fingerprint density at radius 1 is 1.50 bits per heavy atom. The molecule has 0 heterocycles. The summed E-state index contributed by atoms with van der Waals surface area (Å²) in [4.78, 5) is 10.5. The third kappa shape index (κ3) is 3.99. The molecule has 0 aromatic heterocycles. The summed E-state index contributed by atoms with van der Waals surface area (Å²) < 4.78 is 15.8. The van der Waals surface area contributed by atoms with Crippen molar-refractivity contribution in [2.24, 2.45) is 0 Å². The van der Waals surface area contributed by atoms with Crippen molar-refractivity contribution in [3.8, 4) is 5.75 Å². The highest BCUT2D eigenvalue weighted by Gasteiger charge is 2.19. The van der Waals surface area contributed by atoms with Crippen LogP contribution in [0.25, 0.3) is 0 Å². The molecule has 1 rings (SSSR count). The maximum absolute atomic E-state index is 11.0. The molecule has 1 aromatic carbocycles. The molecule has 1 atom stereocenters. The van der Waals surface area contributed by atoms with Crippen LogP contribution >= 0.6 is 0 Å². The van der Waals surface area contributed by atoms with Crippen molar-refractivity contribution in [3.63, 3.8) is 0 Å². The van der Waals surface area contributed by atoms with Gasteiger partial charge in [0.1, 0.15) is 5.69 Å². The van der Waals surface area contributed by atoms with E-state index in [-0.39, 0.29) is 11.4 Å². The molecular weight excluding hydrogens is 256 g/mol. The second kappa shape index (κ2) is 6.95. The number of nitro benzene ring substituents is 1. The highest BCUT2D eigenvalue weighted by Crippen LogP contribution is 2.34. The number of anilines is 1. The van der Waals surface area contributed by atoms with Gasteiger partial charge in [-0.1, -0.05) is 6.07 Å². The van der Waals surface area contributed by atoms with Crippen molar-refractivity contribution in [1.82, 2.24) is 0 Å². The fourth-order valence-electron chi connectivity index (χ4n) is 1.52. The van der Waals surface area contributed by atoms with Gasteiger partial charge in [-0.15, -0.1) is 0 Å². The number of methoxy groups -OCH3 is 1. The quantitative estimate of drug-likeness (QED) is 0.465. The second-order valence-electron chi connectivity index (χ2n) is 3.67. The molecule has 1 unspecified atom stereocenters. The zero-order valence-electron chi connectivity index (χ0n) is 10.3. The first kappa shape index (κ1) is 14.4. The van der Waals surface area contributed by atoms with Gasteiger partial charge in [0.15, 0.2) is 5.75 Å². The van der Waals surface area contributed by atoms with E-state index in [2.05, 4.69) is 5.32 Å². The summed E-state index contributed by atoms with van der Waals surface area (Å²) in [5, 5.41) is 13.9. The smallest absolute Gasteiger partial charge is 0.333 e. The average molecular weight is 272 g/mol. The second-order valence-corrected chi connectivity index (χ2v) is 5.23. The van der Waals surface area contributed by atoms with Crippen LogP contribution in [0.5, 0.6) is 5.75 Å². The van der Waals surface area contributed by atoms with Crippen LogP contribution in [0, 0.1) is 10.1 Å². The van der Waals surface area contributed by atoms with E-state index < -0.39 is 15.7 Å². The van der Waals surface area contributed by atoms with E-state index in [1.807, 2.05) is 0 Å². The summed E-state index contributed by atoms with van der Waals surface area (Å²) in [5.41, 5.74) is 0.346. The molecule has 0 aliphatic carbocycles. The van der Waals surface area contributed by atoms with Gasteiger partial charge in [0.05, 0.1) is 12.0 Å². The fraction of sp³-hybridized carbons (Fsp3) is 0.455. The number of para-hydroxylation sites is 1. The Bertz CT molecular complexity index is 451. The number of ether oxygens (including phenoxy) is 1. The molecule has 0 aliphatic heterocycles. The normalized spacial score (nSPS) is 11.9. The Labute approximate surface area is 108 Å². The molecule has 0 spiro atoms. The number of nitrogens with zero attached hydrogens (tertiary/aromatic N) is 1. The topological polar surface area (TPSA) is 81.5 Å². The van der Waals surface area contributed by atoms with Gasteiger partial charge in [0, 0.05) is 29.4 Å². The van der Waals surface area contributed by atoms with Gasteiger partial charge in [-0.05, 0) is 18.6 Å². The highest BCUT2D eigenvalue weighted by molar-refractivity contribution is 7.84. The van der Waals surface area contributed by atoms with Crippen LogP contribution in [-0.4, -0.2) is 34.8 Å². The van der Waals surface area contributed by atoms with Gasteiger partial charge in [-0.3, -0.25) is 14.3 Å². The van der Waals surface area contributed by atoms with E-state index in [1.54, 1.807) is 24.5 Å². The Balaban J connectivity index is 2.75. The van der Waals surface area contributed by atoms with Gasteiger partial charge in [-0.25, -0.2) is 0 Å². The molecule has 0 saturated carbocycles. The van der Waals surface area contributed by atoms with Crippen LogP contribution in [0.3, 0.4) is 0 Å². The summed E-state index contributed by atoms with van der Waals surface area (Å²) in [7, 11) is 0.553. The van der Waals surface area contributed by atoms with Gasteiger partial charge >= 0.3 is 5.69 Å². The SMILES string of the molecule is COc1cccc(NCCCS(C)=O)c1[N+](=O)[O-]. The van der Waals surface area contributed by atoms with Gasteiger partial charge < -0.3 is 10.1 Å². The summed E-state index contributed by atoms with van der Waals surface area (Å²) in [6.45, 7) is 0.535. The minimum atomic E-state index is -0.842. The monoisotopic (exact) mass is 272 g/mol. The van der Waals surface area contributed by atoms with E-state index in [0.29, 0.717) is 24.4 Å². The maximum Gasteiger partial charge on any atom is 0.333 e. The lowest BCUT2D eigenvalue weighted by Gasteiger charge is -2.09. The first-order valence-corrected chi connectivity index (χ1v) is 7.14. The summed E-state index contributed by atoms with van der Waals surface area (Å²) >= 11 is 0. The van der Waals surface area contributed by atoms with E-state index in [1.165, 1.54) is 7.11 Å². The molecule has 0 radical (unpaired) electrons. The van der Waals surface area contributed by atoms with E-state index in [0.717, 1.165) is 0 Å². The summed E-state index contributed by atoms with van der Waals surface area (Å²) in [6, 6.07) is 4.86. The first-order valence-electron chi connectivity index (χ1n) is 5.41. The van der Waals surface area contributed by atoms with Crippen molar-refractivity contribution < 1.29 is 13.9 Å². The number of benzene rings is 1. The largest absolute Gasteiger partial charge is 0.490 e. The molecule has 7 heteroatoms. The number of nitro groups is 1. The number of rotatable bonds is 7. The number of hydrogen-bond donors (Lipinski definition) is 1. The van der Waals surface area contributed by atoms with Crippen molar-refractivity contribution in [2.45, 2.75) is 6.42 Å².